The van der Waals surface area contributed by atoms with Crippen molar-refractivity contribution in [3.8, 4) is 0 Å². The van der Waals surface area contributed by atoms with Crippen LogP contribution in [0.15, 0.2) is 42.7 Å². The van der Waals surface area contributed by atoms with Crippen molar-refractivity contribution in [1.29, 1.82) is 0 Å². The lowest BCUT2D eigenvalue weighted by Crippen LogP contribution is -2.35. The zero-order valence-electron chi connectivity index (χ0n) is 15.0. The fourth-order valence-electron chi connectivity index (χ4n) is 3.55. The highest BCUT2D eigenvalue weighted by atomic mass is 16.2. The van der Waals surface area contributed by atoms with Gasteiger partial charge in [-0.05, 0) is 24.9 Å². The SMILES string of the molecule is CCCn1cc(NC(=O)NC[C@@H]2CN(C)C[C@H]2c2ccccc2)cn1. The van der Waals surface area contributed by atoms with Crippen molar-refractivity contribution in [3.05, 3.63) is 48.3 Å². The van der Waals surface area contributed by atoms with E-state index in [-0.39, 0.29) is 6.03 Å². The minimum absolute atomic E-state index is 0.169. The Labute approximate surface area is 149 Å². The summed E-state index contributed by atoms with van der Waals surface area (Å²) in [5, 5.41) is 10.1. The van der Waals surface area contributed by atoms with Crippen LogP contribution < -0.4 is 10.6 Å². The van der Waals surface area contributed by atoms with E-state index in [4.69, 9.17) is 0 Å². The molecule has 1 aliphatic rings. The van der Waals surface area contributed by atoms with Gasteiger partial charge in [-0.1, -0.05) is 37.3 Å². The van der Waals surface area contributed by atoms with Gasteiger partial charge in [0.2, 0.25) is 0 Å². The molecular formula is C19H27N5O. The fourth-order valence-corrected chi connectivity index (χ4v) is 3.55. The summed E-state index contributed by atoms with van der Waals surface area (Å²) in [6, 6.07) is 10.4. The number of carbonyl (C=O) groups is 1. The van der Waals surface area contributed by atoms with Crippen LogP contribution in [0.3, 0.4) is 0 Å². The molecule has 0 unspecified atom stereocenters. The molecule has 0 aliphatic carbocycles. The molecule has 2 amide bonds. The summed E-state index contributed by atoms with van der Waals surface area (Å²) in [6.45, 7) is 5.65. The van der Waals surface area contributed by atoms with Crippen LogP contribution >= 0.6 is 0 Å². The molecule has 1 aromatic carbocycles. The van der Waals surface area contributed by atoms with E-state index in [1.807, 2.05) is 16.9 Å². The summed E-state index contributed by atoms with van der Waals surface area (Å²) in [4.78, 5) is 14.5. The molecule has 6 nitrogen and oxygen atoms in total. The Balaban J connectivity index is 1.53. The summed E-state index contributed by atoms with van der Waals surface area (Å²) in [7, 11) is 2.14. The predicted molar refractivity (Wildman–Crippen MR) is 99.7 cm³/mol. The van der Waals surface area contributed by atoms with E-state index in [1.165, 1.54) is 5.56 Å². The number of benzene rings is 1. The highest BCUT2D eigenvalue weighted by Crippen LogP contribution is 2.31. The van der Waals surface area contributed by atoms with E-state index < -0.39 is 0 Å². The van der Waals surface area contributed by atoms with Crippen molar-refractivity contribution in [2.45, 2.75) is 25.8 Å². The van der Waals surface area contributed by atoms with Gasteiger partial charge in [0.1, 0.15) is 0 Å². The number of anilines is 1. The number of nitrogens with zero attached hydrogens (tertiary/aromatic N) is 3. The molecule has 134 valence electrons. The third-order valence-electron chi connectivity index (χ3n) is 4.72. The Morgan fingerprint density at radius 3 is 2.84 bits per heavy atom. The molecule has 2 N–H and O–H groups in total. The smallest absolute Gasteiger partial charge is 0.319 e. The van der Waals surface area contributed by atoms with Gasteiger partial charge in [0.25, 0.3) is 0 Å². The van der Waals surface area contributed by atoms with Crippen LogP contribution in [-0.2, 0) is 6.54 Å². The Hall–Kier alpha value is -2.34. The number of likely N-dealkylation sites (tertiary alicyclic amines) is 1. The van der Waals surface area contributed by atoms with Crippen LogP contribution in [0.25, 0.3) is 0 Å². The number of amides is 2. The largest absolute Gasteiger partial charge is 0.338 e. The van der Waals surface area contributed by atoms with Crippen LogP contribution in [0.5, 0.6) is 0 Å². The number of likely N-dealkylation sites (N-methyl/N-ethyl adjacent to an activating group) is 1. The number of hydrogen-bond acceptors (Lipinski definition) is 3. The van der Waals surface area contributed by atoms with Gasteiger partial charge in [-0.25, -0.2) is 4.79 Å². The quantitative estimate of drug-likeness (QED) is 0.849. The zero-order valence-corrected chi connectivity index (χ0v) is 15.0. The normalized spacial score (nSPS) is 20.6. The van der Waals surface area contributed by atoms with Crippen molar-refractivity contribution in [2.75, 3.05) is 32.0 Å². The number of nitrogens with one attached hydrogen (secondary N) is 2. The van der Waals surface area contributed by atoms with Gasteiger partial charge in [-0.3, -0.25) is 4.68 Å². The van der Waals surface area contributed by atoms with E-state index in [0.717, 1.165) is 31.7 Å². The van der Waals surface area contributed by atoms with E-state index in [9.17, 15) is 4.79 Å². The maximum Gasteiger partial charge on any atom is 0.319 e. The Kier molecular flexibility index (Phi) is 5.71. The standard InChI is InChI=1S/C19H27N5O/c1-3-9-24-13-17(11-21-24)22-19(25)20-10-16-12-23(2)14-18(16)15-7-5-4-6-8-15/h4-8,11,13,16,18H,3,9-10,12,14H2,1-2H3,(H2,20,22,25)/t16-,18+/m1/s1. The molecule has 2 heterocycles. The Bertz CT molecular complexity index is 684. The second kappa shape index (κ2) is 8.16. The van der Waals surface area contributed by atoms with Gasteiger partial charge in [0.05, 0.1) is 11.9 Å². The van der Waals surface area contributed by atoms with Gasteiger partial charge in [0, 0.05) is 38.3 Å². The Morgan fingerprint density at radius 2 is 2.08 bits per heavy atom. The Morgan fingerprint density at radius 1 is 1.28 bits per heavy atom. The van der Waals surface area contributed by atoms with Gasteiger partial charge < -0.3 is 15.5 Å². The minimum atomic E-state index is -0.169. The molecule has 1 fully saturated rings. The van der Waals surface area contributed by atoms with Crippen molar-refractivity contribution < 1.29 is 4.79 Å². The van der Waals surface area contributed by atoms with Gasteiger partial charge >= 0.3 is 6.03 Å². The number of carbonyl (C=O) groups excluding carboxylic acids is 1. The molecule has 0 saturated carbocycles. The van der Waals surface area contributed by atoms with Gasteiger partial charge in [-0.2, -0.15) is 5.10 Å². The average molecular weight is 341 g/mol. The number of urea groups is 1. The number of aromatic nitrogens is 2. The first-order valence-electron chi connectivity index (χ1n) is 8.96. The third-order valence-corrected chi connectivity index (χ3v) is 4.72. The topological polar surface area (TPSA) is 62.2 Å². The molecule has 25 heavy (non-hydrogen) atoms. The van der Waals surface area contributed by atoms with E-state index >= 15 is 0 Å². The van der Waals surface area contributed by atoms with Crippen LogP contribution in [0.1, 0.15) is 24.8 Å². The molecular weight excluding hydrogens is 314 g/mol. The highest BCUT2D eigenvalue weighted by molar-refractivity contribution is 5.88. The predicted octanol–water partition coefficient (Wildman–Crippen LogP) is 2.76. The summed E-state index contributed by atoms with van der Waals surface area (Å²) in [5.74, 6) is 0.875. The number of aryl methyl sites for hydroxylation is 1. The molecule has 1 aromatic heterocycles. The van der Waals surface area contributed by atoms with E-state index in [2.05, 4.69) is 58.9 Å². The van der Waals surface area contributed by atoms with Crippen LogP contribution in [-0.4, -0.2) is 47.4 Å². The van der Waals surface area contributed by atoms with Crippen molar-refractivity contribution in [3.63, 3.8) is 0 Å². The minimum Gasteiger partial charge on any atom is -0.338 e. The van der Waals surface area contributed by atoms with Crippen LogP contribution in [0, 0.1) is 5.92 Å². The molecule has 6 heteroatoms. The third kappa shape index (κ3) is 4.60. The first-order valence-corrected chi connectivity index (χ1v) is 8.96. The maximum absolute atomic E-state index is 12.2. The second-order valence-electron chi connectivity index (χ2n) is 6.83. The molecule has 2 atom stereocenters. The molecule has 0 spiro atoms. The summed E-state index contributed by atoms with van der Waals surface area (Å²) in [6.07, 6.45) is 4.56. The molecule has 1 aliphatic heterocycles. The average Bonchev–Trinajstić information content (AvgIpc) is 3.20. The van der Waals surface area contributed by atoms with Crippen LogP contribution in [0.4, 0.5) is 10.5 Å². The zero-order chi connectivity index (χ0) is 17.6. The lowest BCUT2D eigenvalue weighted by Gasteiger charge is -2.19. The van der Waals surface area contributed by atoms with E-state index in [0.29, 0.717) is 18.4 Å². The summed E-state index contributed by atoms with van der Waals surface area (Å²) in [5.41, 5.74) is 2.08. The molecule has 3 rings (SSSR count). The monoisotopic (exact) mass is 341 g/mol. The van der Waals surface area contributed by atoms with Crippen LogP contribution in [0.2, 0.25) is 0 Å². The summed E-state index contributed by atoms with van der Waals surface area (Å²) >= 11 is 0. The van der Waals surface area contributed by atoms with Crippen molar-refractivity contribution in [1.82, 2.24) is 20.0 Å². The molecule has 1 saturated heterocycles. The lowest BCUT2D eigenvalue weighted by molar-refractivity contribution is 0.249. The second-order valence-corrected chi connectivity index (χ2v) is 6.83. The highest BCUT2D eigenvalue weighted by Gasteiger charge is 2.31. The number of hydrogen-bond donors (Lipinski definition) is 2. The molecule has 2 aromatic rings. The fraction of sp³-hybridized carbons (Fsp3) is 0.474. The summed E-state index contributed by atoms with van der Waals surface area (Å²) < 4.78 is 1.84. The molecule has 0 radical (unpaired) electrons. The van der Waals surface area contributed by atoms with E-state index in [1.54, 1.807) is 6.20 Å². The first kappa shape index (κ1) is 17.5. The maximum atomic E-state index is 12.2. The van der Waals surface area contributed by atoms with Gasteiger partial charge in [0.15, 0.2) is 0 Å². The van der Waals surface area contributed by atoms with Gasteiger partial charge in [-0.15, -0.1) is 0 Å². The van der Waals surface area contributed by atoms with Crippen molar-refractivity contribution >= 4 is 11.7 Å². The first-order chi connectivity index (χ1) is 12.2. The van der Waals surface area contributed by atoms with Crippen molar-refractivity contribution in [2.24, 2.45) is 5.92 Å². The number of rotatable bonds is 6. The lowest BCUT2D eigenvalue weighted by atomic mass is 9.89. The molecule has 0 bridgehead atoms.